The normalized spacial score (nSPS) is 12.0. The van der Waals surface area contributed by atoms with Gasteiger partial charge in [0.25, 0.3) is 0 Å². The van der Waals surface area contributed by atoms with Crippen molar-refractivity contribution in [1.82, 2.24) is 0 Å². The third-order valence-electron chi connectivity index (χ3n) is 3.26. The second-order valence-electron chi connectivity index (χ2n) is 5.05. The molecule has 0 aliphatic heterocycles. The molecule has 0 aliphatic rings. The average Bonchev–Trinajstić information content (AvgIpc) is 2.50. The van der Waals surface area contributed by atoms with Crippen LogP contribution in [0, 0.1) is 0 Å². The molecule has 1 N–H and O–H groups in total. The minimum absolute atomic E-state index is 0.0157. The van der Waals surface area contributed by atoms with E-state index < -0.39 is 0 Å². The summed E-state index contributed by atoms with van der Waals surface area (Å²) >= 11 is 18.0. The van der Waals surface area contributed by atoms with E-state index in [1.807, 2.05) is 19.1 Å². The molecule has 118 valence electrons. The van der Waals surface area contributed by atoms with Crippen molar-refractivity contribution < 1.29 is 4.74 Å². The molecule has 2 nitrogen and oxygen atoms in total. The van der Waals surface area contributed by atoms with Crippen molar-refractivity contribution in [2.75, 3.05) is 11.9 Å². The van der Waals surface area contributed by atoms with Crippen molar-refractivity contribution >= 4 is 40.5 Å². The third kappa shape index (κ3) is 4.70. The zero-order valence-electron chi connectivity index (χ0n) is 12.5. The van der Waals surface area contributed by atoms with Crippen LogP contribution in [0.1, 0.15) is 19.4 Å². The predicted molar refractivity (Wildman–Crippen MR) is 95.9 cm³/mol. The van der Waals surface area contributed by atoms with Gasteiger partial charge in [0.2, 0.25) is 0 Å². The van der Waals surface area contributed by atoms with E-state index in [4.69, 9.17) is 39.5 Å². The molecule has 0 amide bonds. The van der Waals surface area contributed by atoms with Gasteiger partial charge in [-0.15, -0.1) is 0 Å². The predicted octanol–water partition coefficient (Wildman–Crippen LogP) is 6.09. The SMILES string of the molecule is CCc1ccc(OC(C)CNc2cc(Cl)c(Cl)cc2Cl)cc1. The number of hydrogen-bond acceptors (Lipinski definition) is 2. The van der Waals surface area contributed by atoms with E-state index >= 15 is 0 Å². The van der Waals surface area contributed by atoms with Crippen molar-refractivity contribution in [3.63, 3.8) is 0 Å². The van der Waals surface area contributed by atoms with Crippen LogP contribution in [0.5, 0.6) is 5.75 Å². The first kappa shape index (κ1) is 17.3. The van der Waals surface area contributed by atoms with Gasteiger partial charge in [0, 0.05) is 0 Å². The van der Waals surface area contributed by atoms with Gasteiger partial charge in [-0.2, -0.15) is 0 Å². The van der Waals surface area contributed by atoms with Gasteiger partial charge in [-0.3, -0.25) is 0 Å². The maximum Gasteiger partial charge on any atom is 0.119 e. The number of benzene rings is 2. The summed E-state index contributed by atoms with van der Waals surface area (Å²) in [6.45, 7) is 4.72. The number of anilines is 1. The lowest BCUT2D eigenvalue weighted by molar-refractivity contribution is 0.234. The fraction of sp³-hybridized carbons (Fsp3) is 0.294. The van der Waals surface area contributed by atoms with E-state index in [-0.39, 0.29) is 6.10 Å². The molecule has 0 heterocycles. The summed E-state index contributed by atoms with van der Waals surface area (Å²) in [5, 5.41) is 4.67. The van der Waals surface area contributed by atoms with Crippen molar-refractivity contribution in [1.29, 1.82) is 0 Å². The Hall–Kier alpha value is -1.09. The number of ether oxygens (including phenoxy) is 1. The average molecular weight is 359 g/mol. The Kier molecular flexibility index (Phi) is 6.25. The Morgan fingerprint density at radius 2 is 1.64 bits per heavy atom. The van der Waals surface area contributed by atoms with E-state index in [0.717, 1.165) is 17.9 Å². The van der Waals surface area contributed by atoms with Crippen LogP contribution in [-0.4, -0.2) is 12.6 Å². The maximum atomic E-state index is 6.13. The molecule has 5 heteroatoms. The van der Waals surface area contributed by atoms with Gasteiger partial charge in [0.15, 0.2) is 0 Å². The molecule has 0 fully saturated rings. The molecule has 0 bridgehead atoms. The number of halogens is 3. The molecule has 22 heavy (non-hydrogen) atoms. The number of aryl methyl sites for hydroxylation is 1. The number of nitrogens with one attached hydrogen (secondary N) is 1. The Morgan fingerprint density at radius 1 is 1.00 bits per heavy atom. The highest BCUT2D eigenvalue weighted by Crippen LogP contribution is 2.32. The lowest BCUT2D eigenvalue weighted by Crippen LogP contribution is -2.22. The monoisotopic (exact) mass is 357 g/mol. The van der Waals surface area contributed by atoms with Gasteiger partial charge in [-0.25, -0.2) is 0 Å². The number of hydrogen-bond donors (Lipinski definition) is 1. The summed E-state index contributed by atoms with van der Waals surface area (Å²) in [6, 6.07) is 11.5. The summed E-state index contributed by atoms with van der Waals surface area (Å²) < 4.78 is 5.86. The second-order valence-corrected chi connectivity index (χ2v) is 6.27. The van der Waals surface area contributed by atoms with E-state index in [1.165, 1.54) is 5.56 Å². The smallest absolute Gasteiger partial charge is 0.119 e. The highest BCUT2D eigenvalue weighted by molar-refractivity contribution is 6.44. The Labute approximate surface area is 146 Å². The van der Waals surface area contributed by atoms with Crippen LogP contribution < -0.4 is 10.1 Å². The third-order valence-corrected chi connectivity index (χ3v) is 4.29. The van der Waals surface area contributed by atoms with Crippen molar-refractivity contribution in [3.8, 4) is 5.75 Å². The van der Waals surface area contributed by atoms with Crippen LogP contribution in [0.3, 0.4) is 0 Å². The fourth-order valence-electron chi connectivity index (χ4n) is 1.99. The molecular weight excluding hydrogens is 341 g/mol. The summed E-state index contributed by atoms with van der Waals surface area (Å²) in [5.74, 6) is 0.853. The maximum absolute atomic E-state index is 6.13. The standard InChI is InChI=1S/C17H18Cl3NO/c1-3-12-4-6-13(7-5-12)22-11(2)10-21-17-9-15(19)14(18)8-16(17)20/h4-9,11,21H,3,10H2,1-2H3. The van der Waals surface area contributed by atoms with Crippen molar-refractivity contribution in [2.24, 2.45) is 0 Å². The minimum atomic E-state index is -0.0157. The lowest BCUT2D eigenvalue weighted by Gasteiger charge is -2.17. The zero-order valence-corrected chi connectivity index (χ0v) is 14.8. The summed E-state index contributed by atoms with van der Waals surface area (Å²) in [4.78, 5) is 0. The molecule has 2 aromatic rings. The van der Waals surface area contributed by atoms with E-state index in [1.54, 1.807) is 12.1 Å². The van der Waals surface area contributed by atoms with Crippen LogP contribution in [-0.2, 0) is 6.42 Å². The molecule has 1 unspecified atom stereocenters. The van der Waals surface area contributed by atoms with E-state index in [9.17, 15) is 0 Å². The van der Waals surface area contributed by atoms with Crippen molar-refractivity contribution in [3.05, 3.63) is 57.0 Å². The topological polar surface area (TPSA) is 21.3 Å². The molecule has 0 aliphatic carbocycles. The van der Waals surface area contributed by atoms with Crippen LogP contribution in [0.4, 0.5) is 5.69 Å². The zero-order chi connectivity index (χ0) is 16.1. The Bertz CT molecular complexity index is 629. The minimum Gasteiger partial charge on any atom is -0.489 e. The molecule has 0 radical (unpaired) electrons. The first-order chi connectivity index (χ1) is 10.5. The summed E-state index contributed by atoms with van der Waals surface area (Å²) in [6.07, 6.45) is 1.01. The quantitative estimate of drug-likeness (QED) is 0.631. The molecule has 0 saturated carbocycles. The number of rotatable bonds is 6. The molecule has 1 atom stereocenters. The fourth-order valence-corrected chi connectivity index (χ4v) is 2.60. The van der Waals surface area contributed by atoms with Gasteiger partial charge in [-0.05, 0) is 43.2 Å². The van der Waals surface area contributed by atoms with E-state index in [0.29, 0.717) is 21.6 Å². The summed E-state index contributed by atoms with van der Waals surface area (Å²) in [7, 11) is 0. The summed E-state index contributed by atoms with van der Waals surface area (Å²) in [5.41, 5.74) is 2.04. The van der Waals surface area contributed by atoms with Gasteiger partial charge >= 0.3 is 0 Å². The Balaban J connectivity index is 1.92. The van der Waals surface area contributed by atoms with Crippen LogP contribution in [0.15, 0.2) is 36.4 Å². The second kappa shape index (κ2) is 7.96. The van der Waals surface area contributed by atoms with Gasteiger partial charge < -0.3 is 10.1 Å². The Morgan fingerprint density at radius 3 is 2.27 bits per heavy atom. The molecule has 0 spiro atoms. The van der Waals surface area contributed by atoms with Gasteiger partial charge in [0.1, 0.15) is 11.9 Å². The molecule has 2 rings (SSSR count). The highest BCUT2D eigenvalue weighted by Gasteiger charge is 2.08. The van der Waals surface area contributed by atoms with Gasteiger partial charge in [-0.1, -0.05) is 53.9 Å². The molecular formula is C17H18Cl3NO. The first-order valence-corrected chi connectivity index (χ1v) is 8.27. The molecule has 0 saturated heterocycles. The van der Waals surface area contributed by atoms with Crippen molar-refractivity contribution in [2.45, 2.75) is 26.4 Å². The lowest BCUT2D eigenvalue weighted by atomic mass is 10.2. The largest absolute Gasteiger partial charge is 0.489 e. The van der Waals surface area contributed by atoms with Gasteiger partial charge in [0.05, 0.1) is 27.3 Å². The molecule has 2 aromatic carbocycles. The molecule has 0 aromatic heterocycles. The van der Waals surface area contributed by atoms with E-state index in [2.05, 4.69) is 24.4 Å². The van der Waals surface area contributed by atoms with Crippen LogP contribution in [0.25, 0.3) is 0 Å². The van der Waals surface area contributed by atoms with Crippen LogP contribution >= 0.6 is 34.8 Å². The first-order valence-electron chi connectivity index (χ1n) is 7.13. The highest BCUT2D eigenvalue weighted by atomic mass is 35.5. The van der Waals surface area contributed by atoms with Crippen LogP contribution in [0.2, 0.25) is 15.1 Å².